The van der Waals surface area contributed by atoms with Crippen LogP contribution < -0.4 is 5.73 Å². The molecule has 1 saturated carbocycles. The maximum Gasteiger partial charge on any atom is 0.0717 e. The number of hydrogen-bond acceptors (Lipinski definition) is 2. The summed E-state index contributed by atoms with van der Waals surface area (Å²) in [6.07, 6.45) is 5.26. The summed E-state index contributed by atoms with van der Waals surface area (Å²) in [4.78, 5) is 0. The van der Waals surface area contributed by atoms with Crippen LogP contribution in [0.1, 0.15) is 36.8 Å². The van der Waals surface area contributed by atoms with E-state index in [1.807, 2.05) is 0 Å². The zero-order chi connectivity index (χ0) is 12.8. The molecule has 0 aliphatic heterocycles. The minimum Gasteiger partial charge on any atom is -0.376 e. The first-order valence-corrected chi connectivity index (χ1v) is 7.13. The van der Waals surface area contributed by atoms with Crippen molar-refractivity contribution in [2.24, 2.45) is 17.6 Å². The second-order valence-corrected chi connectivity index (χ2v) is 5.54. The van der Waals surface area contributed by atoms with Crippen molar-refractivity contribution in [2.45, 2.75) is 39.2 Å². The lowest BCUT2D eigenvalue weighted by molar-refractivity contribution is 0.0512. The quantitative estimate of drug-likeness (QED) is 0.866. The lowest BCUT2D eigenvalue weighted by Gasteiger charge is -2.30. The predicted molar refractivity (Wildman–Crippen MR) is 75.3 cm³/mol. The van der Waals surface area contributed by atoms with Gasteiger partial charge in [-0.1, -0.05) is 42.7 Å². The summed E-state index contributed by atoms with van der Waals surface area (Å²) in [7, 11) is 0. The van der Waals surface area contributed by atoms with Gasteiger partial charge in [0.05, 0.1) is 13.2 Å². The lowest BCUT2D eigenvalue weighted by Crippen LogP contribution is -2.29. The number of benzene rings is 1. The molecule has 18 heavy (non-hydrogen) atoms. The van der Waals surface area contributed by atoms with Crippen LogP contribution in [0.15, 0.2) is 24.3 Å². The number of nitrogens with two attached hydrogens (primary N) is 1. The fourth-order valence-corrected chi connectivity index (χ4v) is 2.94. The number of hydrogen-bond donors (Lipinski definition) is 1. The van der Waals surface area contributed by atoms with Gasteiger partial charge >= 0.3 is 0 Å². The van der Waals surface area contributed by atoms with Gasteiger partial charge in [-0.25, -0.2) is 0 Å². The Morgan fingerprint density at radius 3 is 2.72 bits per heavy atom. The Bertz CT molecular complexity index is 364. The molecule has 2 nitrogen and oxygen atoms in total. The van der Waals surface area contributed by atoms with Crippen molar-refractivity contribution in [2.75, 3.05) is 13.2 Å². The number of ether oxygens (including phenoxy) is 1. The smallest absolute Gasteiger partial charge is 0.0717 e. The van der Waals surface area contributed by atoms with Gasteiger partial charge in [-0.15, -0.1) is 0 Å². The fourth-order valence-electron chi connectivity index (χ4n) is 2.94. The van der Waals surface area contributed by atoms with Crippen LogP contribution in [0, 0.1) is 18.8 Å². The van der Waals surface area contributed by atoms with E-state index in [9.17, 15) is 0 Å². The SMILES string of the molecule is Cc1cccc(COCC2CCCCC2CN)c1. The number of rotatable bonds is 5. The highest BCUT2D eigenvalue weighted by atomic mass is 16.5. The summed E-state index contributed by atoms with van der Waals surface area (Å²) >= 11 is 0. The molecule has 1 aliphatic carbocycles. The standard InChI is InChI=1S/C16H25NO/c1-13-5-4-6-14(9-13)11-18-12-16-8-3-2-7-15(16)10-17/h4-6,9,15-16H,2-3,7-8,10-12,17H2,1H3. The number of aryl methyl sites for hydroxylation is 1. The molecule has 2 rings (SSSR count). The molecule has 0 spiro atoms. The molecule has 0 bridgehead atoms. The molecular weight excluding hydrogens is 222 g/mol. The molecule has 1 aromatic rings. The van der Waals surface area contributed by atoms with Crippen LogP contribution in [0.25, 0.3) is 0 Å². The van der Waals surface area contributed by atoms with E-state index >= 15 is 0 Å². The van der Waals surface area contributed by atoms with Gasteiger partial charge in [0.2, 0.25) is 0 Å². The monoisotopic (exact) mass is 247 g/mol. The average molecular weight is 247 g/mol. The molecule has 1 fully saturated rings. The Hall–Kier alpha value is -0.860. The summed E-state index contributed by atoms with van der Waals surface area (Å²) in [5.41, 5.74) is 8.41. The Morgan fingerprint density at radius 2 is 2.00 bits per heavy atom. The van der Waals surface area contributed by atoms with Gasteiger partial charge in [0.1, 0.15) is 0 Å². The molecule has 0 aromatic heterocycles. The Labute approximate surface area is 111 Å². The third kappa shape index (κ3) is 3.82. The maximum atomic E-state index is 5.89. The minimum atomic E-state index is 0.675. The Balaban J connectivity index is 1.77. The molecular formula is C16H25NO. The van der Waals surface area contributed by atoms with Crippen molar-refractivity contribution in [1.29, 1.82) is 0 Å². The van der Waals surface area contributed by atoms with Crippen molar-refractivity contribution < 1.29 is 4.74 Å². The van der Waals surface area contributed by atoms with Gasteiger partial charge < -0.3 is 10.5 Å². The summed E-state index contributed by atoms with van der Waals surface area (Å²) in [6, 6.07) is 8.54. The minimum absolute atomic E-state index is 0.675. The van der Waals surface area contributed by atoms with E-state index in [1.54, 1.807) is 0 Å². The maximum absolute atomic E-state index is 5.89. The molecule has 0 amide bonds. The van der Waals surface area contributed by atoms with Crippen LogP contribution in [0.4, 0.5) is 0 Å². The molecule has 2 heteroatoms. The van der Waals surface area contributed by atoms with E-state index in [1.165, 1.54) is 36.8 Å². The van der Waals surface area contributed by atoms with Gasteiger partial charge in [-0.2, -0.15) is 0 Å². The normalized spacial score (nSPS) is 24.1. The highest BCUT2D eigenvalue weighted by Gasteiger charge is 2.23. The predicted octanol–water partition coefficient (Wildman–Crippen LogP) is 3.28. The lowest BCUT2D eigenvalue weighted by atomic mass is 9.80. The zero-order valence-electron chi connectivity index (χ0n) is 11.4. The first kappa shape index (κ1) is 13.6. The van der Waals surface area contributed by atoms with E-state index in [-0.39, 0.29) is 0 Å². The molecule has 0 heterocycles. The third-order valence-corrected chi connectivity index (χ3v) is 4.05. The van der Waals surface area contributed by atoms with Crippen LogP contribution in [0.5, 0.6) is 0 Å². The molecule has 0 radical (unpaired) electrons. The fraction of sp³-hybridized carbons (Fsp3) is 0.625. The van der Waals surface area contributed by atoms with E-state index in [2.05, 4.69) is 31.2 Å². The van der Waals surface area contributed by atoms with Crippen molar-refractivity contribution in [1.82, 2.24) is 0 Å². The van der Waals surface area contributed by atoms with Gasteiger partial charge in [0.25, 0.3) is 0 Å². The third-order valence-electron chi connectivity index (χ3n) is 4.05. The summed E-state index contributed by atoms with van der Waals surface area (Å²) in [6.45, 7) is 4.54. The molecule has 1 aliphatic rings. The van der Waals surface area contributed by atoms with Gasteiger partial charge in [0.15, 0.2) is 0 Å². The van der Waals surface area contributed by atoms with Crippen LogP contribution in [0.3, 0.4) is 0 Å². The summed E-state index contributed by atoms with van der Waals surface area (Å²) in [5.74, 6) is 1.35. The Kier molecular flexibility index (Phi) is 5.21. The van der Waals surface area contributed by atoms with Gasteiger partial charge in [-0.3, -0.25) is 0 Å². The second-order valence-electron chi connectivity index (χ2n) is 5.54. The largest absolute Gasteiger partial charge is 0.376 e. The molecule has 0 saturated heterocycles. The summed E-state index contributed by atoms with van der Waals surface area (Å²) in [5, 5.41) is 0. The first-order valence-electron chi connectivity index (χ1n) is 7.13. The van der Waals surface area contributed by atoms with Gasteiger partial charge in [-0.05, 0) is 43.7 Å². The van der Waals surface area contributed by atoms with Gasteiger partial charge in [0, 0.05) is 0 Å². The molecule has 2 unspecified atom stereocenters. The first-order chi connectivity index (χ1) is 8.79. The molecule has 2 N–H and O–H groups in total. The zero-order valence-corrected chi connectivity index (χ0v) is 11.4. The van der Waals surface area contributed by atoms with Crippen LogP contribution >= 0.6 is 0 Å². The average Bonchev–Trinajstić information content (AvgIpc) is 2.39. The Morgan fingerprint density at radius 1 is 1.22 bits per heavy atom. The highest BCUT2D eigenvalue weighted by molar-refractivity contribution is 5.21. The second kappa shape index (κ2) is 6.91. The van der Waals surface area contributed by atoms with Crippen LogP contribution in [-0.4, -0.2) is 13.2 Å². The van der Waals surface area contributed by atoms with Crippen molar-refractivity contribution in [3.05, 3.63) is 35.4 Å². The molecule has 2 atom stereocenters. The molecule has 100 valence electrons. The van der Waals surface area contributed by atoms with Crippen molar-refractivity contribution in [3.8, 4) is 0 Å². The van der Waals surface area contributed by atoms with E-state index in [4.69, 9.17) is 10.5 Å². The van der Waals surface area contributed by atoms with E-state index in [0.717, 1.165) is 19.8 Å². The molecule has 1 aromatic carbocycles. The van der Waals surface area contributed by atoms with E-state index < -0.39 is 0 Å². The van der Waals surface area contributed by atoms with Crippen LogP contribution in [-0.2, 0) is 11.3 Å². The van der Waals surface area contributed by atoms with E-state index in [0.29, 0.717) is 11.8 Å². The topological polar surface area (TPSA) is 35.2 Å². The summed E-state index contributed by atoms with van der Waals surface area (Å²) < 4.78 is 5.89. The van der Waals surface area contributed by atoms with Crippen LogP contribution in [0.2, 0.25) is 0 Å². The van der Waals surface area contributed by atoms with Crippen molar-refractivity contribution >= 4 is 0 Å². The highest BCUT2D eigenvalue weighted by Crippen LogP contribution is 2.29. The van der Waals surface area contributed by atoms with Crippen molar-refractivity contribution in [3.63, 3.8) is 0 Å².